The first kappa shape index (κ1) is 75.2. The second kappa shape index (κ2) is 58.8. The molecule has 0 aromatic rings. The van der Waals surface area contributed by atoms with Crippen molar-refractivity contribution in [3.05, 3.63) is 85.1 Å². The van der Waals surface area contributed by atoms with Gasteiger partial charge in [-0.05, 0) is 89.9 Å². The van der Waals surface area contributed by atoms with Gasteiger partial charge in [-0.15, -0.1) is 0 Å². The highest BCUT2D eigenvalue weighted by Crippen LogP contribution is 2.43. The number of quaternary nitrogens is 1. The number of ether oxygens (including phenoxy) is 2. The third kappa shape index (κ3) is 62.4. The summed E-state index contributed by atoms with van der Waals surface area (Å²) in [5.41, 5.74) is 0. The van der Waals surface area contributed by atoms with Gasteiger partial charge in [0, 0.05) is 12.8 Å². The molecule has 0 rings (SSSR count). The fraction of sp³-hybridized carbons (Fsp3) is 0.765. The number of carbonyl (C=O) groups excluding carboxylic acids is 2. The number of esters is 2. The SMILES string of the molecule is CC/C=C\C/C=C\C/C=C\C/C=C\C/C=C\CCCCCCCCCCCCCCCC(=O)OC(COC(=O)CCCCCCCCCCCCCCC/C=C\C/C=C\CCCCCCC)COP(=O)(O)OCC[N+](C)(C)C. The van der Waals surface area contributed by atoms with E-state index in [0.29, 0.717) is 17.4 Å². The molecule has 1 N–H and O–H groups in total. The van der Waals surface area contributed by atoms with E-state index in [2.05, 4.69) is 98.9 Å². The Morgan fingerprint density at radius 1 is 0.410 bits per heavy atom. The third-order valence-corrected chi connectivity index (χ3v) is 14.9. The predicted molar refractivity (Wildman–Crippen MR) is 335 cm³/mol. The van der Waals surface area contributed by atoms with E-state index < -0.39 is 26.5 Å². The van der Waals surface area contributed by atoms with Crippen LogP contribution in [0, 0.1) is 0 Å². The molecule has 78 heavy (non-hydrogen) atoms. The van der Waals surface area contributed by atoms with Crippen LogP contribution in [0.1, 0.15) is 284 Å². The summed E-state index contributed by atoms with van der Waals surface area (Å²) in [6.07, 6.45) is 79.5. The molecule has 0 spiro atoms. The minimum Gasteiger partial charge on any atom is -0.462 e. The van der Waals surface area contributed by atoms with Crippen LogP contribution in [0.25, 0.3) is 0 Å². The summed E-state index contributed by atoms with van der Waals surface area (Å²) in [4.78, 5) is 35.8. The Kier molecular flexibility index (Phi) is 56.7. The second-order valence-corrected chi connectivity index (χ2v) is 24.2. The lowest BCUT2D eigenvalue weighted by atomic mass is 10.0. The van der Waals surface area contributed by atoms with Crippen LogP contribution < -0.4 is 0 Å². The van der Waals surface area contributed by atoms with Gasteiger partial charge in [0.05, 0.1) is 27.7 Å². The number of phosphoric acid groups is 1. The van der Waals surface area contributed by atoms with Crippen molar-refractivity contribution in [2.45, 2.75) is 290 Å². The van der Waals surface area contributed by atoms with Crippen molar-refractivity contribution in [3.63, 3.8) is 0 Å². The van der Waals surface area contributed by atoms with E-state index >= 15 is 0 Å². The van der Waals surface area contributed by atoms with Gasteiger partial charge in [0.2, 0.25) is 0 Å². The van der Waals surface area contributed by atoms with Crippen LogP contribution in [0.3, 0.4) is 0 Å². The zero-order chi connectivity index (χ0) is 57.0. The molecule has 0 aliphatic carbocycles. The fourth-order valence-corrected chi connectivity index (χ4v) is 9.70. The Morgan fingerprint density at radius 3 is 1.09 bits per heavy atom. The topological polar surface area (TPSA) is 108 Å². The molecule has 0 bridgehead atoms. The highest BCUT2D eigenvalue weighted by Gasteiger charge is 2.27. The highest BCUT2D eigenvalue weighted by molar-refractivity contribution is 7.47. The van der Waals surface area contributed by atoms with Gasteiger partial charge in [0.15, 0.2) is 6.10 Å². The molecular formula is C68H123NO8P+. The molecule has 452 valence electrons. The van der Waals surface area contributed by atoms with Crippen LogP contribution in [0.5, 0.6) is 0 Å². The van der Waals surface area contributed by atoms with E-state index in [1.165, 1.54) is 173 Å². The summed E-state index contributed by atoms with van der Waals surface area (Å²) in [6, 6.07) is 0. The number of unbranched alkanes of at least 4 members (excludes halogenated alkanes) is 31. The van der Waals surface area contributed by atoms with Crippen LogP contribution in [-0.2, 0) is 32.7 Å². The van der Waals surface area contributed by atoms with Crippen molar-refractivity contribution in [2.24, 2.45) is 0 Å². The maximum Gasteiger partial charge on any atom is 0.472 e. The highest BCUT2D eigenvalue weighted by atomic mass is 31.2. The molecule has 2 atom stereocenters. The van der Waals surface area contributed by atoms with Crippen LogP contribution in [0.2, 0.25) is 0 Å². The van der Waals surface area contributed by atoms with E-state index in [1.807, 2.05) is 21.1 Å². The first-order valence-corrected chi connectivity index (χ1v) is 33.8. The molecule has 0 heterocycles. The normalized spacial score (nSPS) is 13.8. The summed E-state index contributed by atoms with van der Waals surface area (Å²) in [7, 11) is 1.48. The molecule has 0 fully saturated rings. The minimum absolute atomic E-state index is 0.0292. The molecule has 9 nitrogen and oxygen atoms in total. The number of carbonyl (C=O) groups is 2. The van der Waals surface area contributed by atoms with Crippen molar-refractivity contribution in [1.82, 2.24) is 0 Å². The predicted octanol–water partition coefficient (Wildman–Crippen LogP) is 20.6. The van der Waals surface area contributed by atoms with Gasteiger partial charge < -0.3 is 18.9 Å². The number of hydrogen-bond donors (Lipinski definition) is 1. The molecule has 0 aliphatic heterocycles. The Morgan fingerprint density at radius 2 is 0.731 bits per heavy atom. The van der Waals surface area contributed by atoms with Crippen LogP contribution in [0.4, 0.5) is 0 Å². The average molecular weight is 1110 g/mol. The number of phosphoric ester groups is 1. The van der Waals surface area contributed by atoms with Crippen LogP contribution in [-0.4, -0.2) is 74.9 Å². The Bertz CT molecular complexity index is 1590. The van der Waals surface area contributed by atoms with Crippen molar-refractivity contribution < 1.29 is 42.1 Å². The van der Waals surface area contributed by atoms with Gasteiger partial charge in [-0.3, -0.25) is 18.6 Å². The van der Waals surface area contributed by atoms with Crippen molar-refractivity contribution in [1.29, 1.82) is 0 Å². The first-order valence-electron chi connectivity index (χ1n) is 32.3. The van der Waals surface area contributed by atoms with Gasteiger partial charge in [0.1, 0.15) is 19.8 Å². The maximum absolute atomic E-state index is 12.9. The number of hydrogen-bond acceptors (Lipinski definition) is 7. The zero-order valence-electron chi connectivity index (χ0n) is 51.4. The lowest BCUT2D eigenvalue weighted by Gasteiger charge is -2.24. The monoisotopic (exact) mass is 1110 g/mol. The fourth-order valence-electron chi connectivity index (χ4n) is 8.96. The zero-order valence-corrected chi connectivity index (χ0v) is 52.3. The van der Waals surface area contributed by atoms with Gasteiger partial charge >= 0.3 is 19.8 Å². The quantitative estimate of drug-likeness (QED) is 0.0211. The smallest absolute Gasteiger partial charge is 0.462 e. The van der Waals surface area contributed by atoms with Crippen molar-refractivity contribution in [3.8, 4) is 0 Å². The second-order valence-electron chi connectivity index (χ2n) is 22.8. The molecule has 0 aromatic carbocycles. The Balaban J connectivity index is 4.10. The van der Waals surface area contributed by atoms with E-state index in [0.717, 1.165) is 77.0 Å². The summed E-state index contributed by atoms with van der Waals surface area (Å²) in [5, 5.41) is 0. The van der Waals surface area contributed by atoms with E-state index in [-0.39, 0.29) is 32.0 Å². The lowest BCUT2D eigenvalue weighted by Crippen LogP contribution is -2.37. The lowest BCUT2D eigenvalue weighted by molar-refractivity contribution is -0.870. The van der Waals surface area contributed by atoms with Crippen molar-refractivity contribution in [2.75, 3.05) is 47.5 Å². The maximum atomic E-state index is 12.9. The molecule has 2 unspecified atom stereocenters. The average Bonchev–Trinajstić information content (AvgIpc) is 3.41. The van der Waals surface area contributed by atoms with Gasteiger partial charge in [0.25, 0.3) is 0 Å². The molecular weight excluding hydrogens is 990 g/mol. The standard InChI is InChI=1S/C68H122NO8P/c1-6-8-10-12-14-16-18-20-22-24-26-28-30-32-33-34-35-37-39-41-43-45-47-49-51-53-55-57-59-61-68(71)77-66(65-76-78(72,73)75-63-62-69(3,4)5)64-74-67(70)60-58-56-54-52-50-48-46-44-42-40-38-36-31-29-27-25-23-21-19-17-15-13-11-9-7-2/h8,10,14,16,19-22,25-28,32-33,66H,6-7,9,11-13,15,17-18,23-24,29-31,34-65H2,1-5H3/p+1/b10-8-,16-14-,21-19-,22-20-,27-25-,28-26-,33-32-. The Hall–Kier alpha value is -2.81. The van der Waals surface area contributed by atoms with Gasteiger partial charge in [-0.2, -0.15) is 0 Å². The largest absolute Gasteiger partial charge is 0.472 e. The van der Waals surface area contributed by atoms with E-state index in [4.69, 9.17) is 18.5 Å². The molecule has 0 aliphatic rings. The first-order chi connectivity index (χ1) is 38.0. The van der Waals surface area contributed by atoms with Crippen LogP contribution >= 0.6 is 7.82 Å². The minimum atomic E-state index is -4.39. The summed E-state index contributed by atoms with van der Waals surface area (Å²) < 4.78 is 34.7. The number of likely N-dealkylation sites (N-methyl/N-ethyl adjacent to an activating group) is 1. The van der Waals surface area contributed by atoms with E-state index in [9.17, 15) is 19.0 Å². The Labute approximate surface area is 481 Å². The van der Waals surface area contributed by atoms with E-state index in [1.54, 1.807) is 0 Å². The molecule has 0 aromatic heterocycles. The van der Waals surface area contributed by atoms with Crippen molar-refractivity contribution >= 4 is 19.8 Å². The molecule has 0 radical (unpaired) electrons. The number of rotatable bonds is 59. The van der Waals surface area contributed by atoms with Crippen LogP contribution in [0.15, 0.2) is 85.1 Å². The molecule has 0 amide bonds. The summed E-state index contributed by atoms with van der Waals surface area (Å²) in [5.74, 6) is -0.793. The van der Waals surface area contributed by atoms with Gasteiger partial charge in [-0.1, -0.05) is 266 Å². The number of nitrogens with zero attached hydrogens (tertiary/aromatic N) is 1. The molecule has 10 heteroatoms. The summed E-state index contributed by atoms with van der Waals surface area (Å²) in [6.45, 7) is 4.33. The van der Waals surface area contributed by atoms with Gasteiger partial charge in [-0.25, -0.2) is 4.57 Å². The summed E-state index contributed by atoms with van der Waals surface area (Å²) >= 11 is 0. The third-order valence-electron chi connectivity index (χ3n) is 13.9. The number of allylic oxidation sites excluding steroid dienone is 14. The molecule has 0 saturated heterocycles. The molecule has 0 saturated carbocycles.